The molecule has 23 heavy (non-hydrogen) atoms. The number of fused-ring (bicyclic) bond motifs is 2. The molecule has 6 heteroatoms. The molecule has 2 N–H and O–H groups in total. The van der Waals surface area contributed by atoms with E-state index in [-0.39, 0.29) is 6.09 Å². The number of aliphatic hydroxyl groups is 1. The van der Waals surface area contributed by atoms with Crippen molar-refractivity contribution in [3.8, 4) is 0 Å². The van der Waals surface area contributed by atoms with Gasteiger partial charge < -0.3 is 20.1 Å². The minimum Gasteiger partial charge on any atom is -0.444 e. The number of nitrogens with zero attached hydrogens (tertiary/aromatic N) is 2. The predicted molar refractivity (Wildman–Crippen MR) is 88.4 cm³/mol. The Morgan fingerprint density at radius 1 is 1.17 bits per heavy atom. The van der Waals surface area contributed by atoms with Gasteiger partial charge in [-0.05, 0) is 46.5 Å². The van der Waals surface area contributed by atoms with Crippen LogP contribution in [0, 0.1) is 0 Å². The third-order valence-corrected chi connectivity index (χ3v) is 5.13. The Labute approximate surface area is 139 Å². The molecule has 0 aromatic rings. The van der Waals surface area contributed by atoms with E-state index in [1.54, 1.807) is 4.90 Å². The van der Waals surface area contributed by atoms with Gasteiger partial charge in [-0.1, -0.05) is 0 Å². The second-order valence-electron chi connectivity index (χ2n) is 8.51. The average molecular weight is 325 g/mol. The van der Waals surface area contributed by atoms with Crippen LogP contribution in [0.25, 0.3) is 0 Å². The highest BCUT2D eigenvalue weighted by Gasteiger charge is 2.43. The van der Waals surface area contributed by atoms with Gasteiger partial charge >= 0.3 is 6.09 Å². The highest BCUT2D eigenvalue weighted by atomic mass is 16.6. The number of nitrogens with one attached hydrogen (secondary N) is 1. The van der Waals surface area contributed by atoms with Crippen molar-refractivity contribution in [2.75, 3.05) is 32.7 Å². The molecule has 0 aromatic carbocycles. The first kappa shape index (κ1) is 17.0. The van der Waals surface area contributed by atoms with Crippen molar-refractivity contribution in [2.45, 2.75) is 69.7 Å². The summed E-state index contributed by atoms with van der Waals surface area (Å²) >= 11 is 0. The van der Waals surface area contributed by atoms with Crippen LogP contribution in [0.15, 0.2) is 0 Å². The van der Waals surface area contributed by atoms with Gasteiger partial charge in [0.25, 0.3) is 0 Å². The summed E-state index contributed by atoms with van der Waals surface area (Å²) in [5.74, 6) is 0. The van der Waals surface area contributed by atoms with Crippen LogP contribution in [0.3, 0.4) is 0 Å². The number of hydrogen-bond donors (Lipinski definition) is 2. The van der Waals surface area contributed by atoms with Crippen molar-refractivity contribution in [1.29, 1.82) is 0 Å². The summed E-state index contributed by atoms with van der Waals surface area (Å²) in [6.45, 7) is 9.37. The Kier molecular flexibility index (Phi) is 4.60. The SMILES string of the molecule is CC(C)(C)OC(=O)N1CCN(CC2(O)CC3CCC(C2)N3)CC1. The van der Waals surface area contributed by atoms with Crippen LogP contribution in [0.5, 0.6) is 0 Å². The van der Waals surface area contributed by atoms with Crippen LogP contribution in [-0.4, -0.2) is 77.0 Å². The fraction of sp³-hybridized carbons (Fsp3) is 0.941. The van der Waals surface area contributed by atoms with Gasteiger partial charge in [-0.25, -0.2) is 4.79 Å². The first-order valence-electron chi connectivity index (χ1n) is 8.91. The highest BCUT2D eigenvalue weighted by molar-refractivity contribution is 5.68. The lowest BCUT2D eigenvalue weighted by Crippen LogP contribution is -2.57. The first-order chi connectivity index (χ1) is 10.7. The van der Waals surface area contributed by atoms with Crippen LogP contribution < -0.4 is 5.32 Å². The number of rotatable bonds is 2. The van der Waals surface area contributed by atoms with Crippen LogP contribution in [0.4, 0.5) is 4.79 Å². The number of carbonyl (C=O) groups is 1. The fourth-order valence-corrected chi connectivity index (χ4v) is 4.19. The summed E-state index contributed by atoms with van der Waals surface area (Å²) in [5.41, 5.74) is -1.01. The van der Waals surface area contributed by atoms with Gasteiger partial charge in [0.1, 0.15) is 5.60 Å². The summed E-state index contributed by atoms with van der Waals surface area (Å²) in [6, 6.07) is 0.976. The molecule has 0 spiro atoms. The molecule has 0 aliphatic carbocycles. The largest absolute Gasteiger partial charge is 0.444 e. The number of β-amino-alcohol motifs (C(OH)–C–C–N with tert-alkyl or cyclic N) is 1. The number of ether oxygens (including phenoxy) is 1. The normalized spacial score (nSPS) is 35.4. The Hall–Kier alpha value is -0.850. The van der Waals surface area contributed by atoms with E-state index < -0.39 is 11.2 Å². The van der Waals surface area contributed by atoms with E-state index in [1.165, 1.54) is 12.8 Å². The molecule has 1 amide bonds. The molecule has 6 nitrogen and oxygen atoms in total. The monoisotopic (exact) mass is 325 g/mol. The lowest BCUT2D eigenvalue weighted by Gasteiger charge is -2.43. The lowest BCUT2D eigenvalue weighted by molar-refractivity contribution is -0.0446. The maximum Gasteiger partial charge on any atom is 0.410 e. The standard InChI is InChI=1S/C17H31N3O3/c1-16(2,3)23-15(21)20-8-6-19(7-9-20)12-17(22)10-13-4-5-14(11-17)18-13/h13-14,18,22H,4-12H2,1-3H3. The third-order valence-electron chi connectivity index (χ3n) is 5.13. The van der Waals surface area contributed by atoms with E-state index in [0.717, 1.165) is 32.5 Å². The second kappa shape index (κ2) is 6.22. The zero-order valence-electron chi connectivity index (χ0n) is 14.7. The Morgan fingerprint density at radius 3 is 2.26 bits per heavy atom. The van der Waals surface area contributed by atoms with E-state index in [9.17, 15) is 9.90 Å². The molecular weight excluding hydrogens is 294 g/mol. The van der Waals surface area contributed by atoms with Crippen molar-refractivity contribution in [3.05, 3.63) is 0 Å². The van der Waals surface area contributed by atoms with E-state index in [1.807, 2.05) is 20.8 Å². The summed E-state index contributed by atoms with van der Waals surface area (Å²) in [7, 11) is 0. The minimum atomic E-state index is -0.564. The topological polar surface area (TPSA) is 65.0 Å². The van der Waals surface area contributed by atoms with Crippen LogP contribution in [-0.2, 0) is 4.74 Å². The predicted octanol–water partition coefficient (Wildman–Crippen LogP) is 1.18. The van der Waals surface area contributed by atoms with Gasteiger partial charge in [0, 0.05) is 44.8 Å². The van der Waals surface area contributed by atoms with Crippen LogP contribution in [0.2, 0.25) is 0 Å². The average Bonchev–Trinajstić information content (AvgIpc) is 2.77. The van der Waals surface area contributed by atoms with Crippen molar-refractivity contribution in [2.24, 2.45) is 0 Å². The van der Waals surface area contributed by atoms with Crippen LogP contribution >= 0.6 is 0 Å². The molecular formula is C17H31N3O3. The van der Waals surface area contributed by atoms with E-state index >= 15 is 0 Å². The highest BCUT2D eigenvalue weighted by Crippen LogP contribution is 2.34. The Balaban J connectivity index is 1.47. The number of amides is 1. The van der Waals surface area contributed by atoms with Gasteiger partial charge in [-0.15, -0.1) is 0 Å². The van der Waals surface area contributed by atoms with Crippen LogP contribution in [0.1, 0.15) is 46.5 Å². The number of piperazine rings is 1. The molecule has 2 atom stereocenters. The fourth-order valence-electron chi connectivity index (χ4n) is 4.19. The van der Waals surface area contributed by atoms with Crippen molar-refractivity contribution >= 4 is 6.09 Å². The summed E-state index contributed by atoms with van der Waals surface area (Å²) in [6.07, 6.45) is 3.88. The molecule has 3 saturated heterocycles. The zero-order chi connectivity index (χ0) is 16.7. The van der Waals surface area contributed by atoms with Crippen molar-refractivity contribution < 1.29 is 14.6 Å². The number of piperidine rings is 1. The molecule has 2 bridgehead atoms. The molecule has 3 aliphatic rings. The molecule has 3 heterocycles. The molecule has 132 valence electrons. The van der Waals surface area contributed by atoms with Crippen molar-refractivity contribution in [1.82, 2.24) is 15.1 Å². The van der Waals surface area contributed by atoms with Gasteiger partial charge in [-0.2, -0.15) is 0 Å². The summed E-state index contributed by atoms with van der Waals surface area (Å²) in [5, 5.41) is 14.5. The van der Waals surface area contributed by atoms with E-state index in [2.05, 4.69) is 10.2 Å². The maximum atomic E-state index is 12.1. The summed E-state index contributed by atoms with van der Waals surface area (Å²) < 4.78 is 5.43. The smallest absolute Gasteiger partial charge is 0.410 e. The Bertz CT molecular complexity index is 429. The maximum absolute atomic E-state index is 12.1. The molecule has 2 unspecified atom stereocenters. The minimum absolute atomic E-state index is 0.226. The number of carbonyl (C=O) groups excluding carboxylic acids is 1. The Morgan fingerprint density at radius 2 is 1.74 bits per heavy atom. The molecule has 3 fully saturated rings. The lowest BCUT2D eigenvalue weighted by atomic mass is 9.87. The second-order valence-corrected chi connectivity index (χ2v) is 8.51. The van der Waals surface area contributed by atoms with Gasteiger partial charge in [0.05, 0.1) is 5.60 Å². The molecule has 0 saturated carbocycles. The quantitative estimate of drug-likeness (QED) is 0.798. The molecule has 0 radical (unpaired) electrons. The molecule has 0 aromatic heterocycles. The van der Waals surface area contributed by atoms with E-state index in [0.29, 0.717) is 25.2 Å². The zero-order valence-corrected chi connectivity index (χ0v) is 14.7. The van der Waals surface area contributed by atoms with Gasteiger partial charge in [0.2, 0.25) is 0 Å². The summed E-state index contributed by atoms with van der Waals surface area (Å²) in [4.78, 5) is 16.2. The van der Waals surface area contributed by atoms with Gasteiger partial charge in [0.15, 0.2) is 0 Å². The third kappa shape index (κ3) is 4.37. The number of hydrogen-bond acceptors (Lipinski definition) is 5. The van der Waals surface area contributed by atoms with Crippen molar-refractivity contribution in [3.63, 3.8) is 0 Å². The van der Waals surface area contributed by atoms with E-state index in [4.69, 9.17) is 4.74 Å². The molecule has 3 aliphatic heterocycles. The first-order valence-corrected chi connectivity index (χ1v) is 8.91. The van der Waals surface area contributed by atoms with Gasteiger partial charge in [-0.3, -0.25) is 4.90 Å². The molecule has 3 rings (SSSR count).